The van der Waals surface area contributed by atoms with Crippen LogP contribution in [-0.2, 0) is 0 Å². The number of allylic oxidation sites excluding steroid dienone is 3. The van der Waals surface area contributed by atoms with Crippen molar-refractivity contribution in [3.05, 3.63) is 35.5 Å². The third-order valence-electron chi connectivity index (χ3n) is 9.33. The standard InChI is InChI=1S/C29H48O3/c1-7-21(14-16-28(4,5)32)19(2)25-12-13-26-22(9-8-15-29(25,26)6)10-11-23-17-24(30)18-27(31)20(23)3/h10-11,19,21,24-27,30-32H,3,7-9,12-18H2,1-2,4-6H3/b22-10+,23-11-/t19-,21+,24+,25+,26?,27-,29+/m0/s1. The van der Waals surface area contributed by atoms with Crippen molar-refractivity contribution < 1.29 is 15.3 Å². The molecule has 1 unspecified atom stereocenters. The molecule has 32 heavy (non-hydrogen) atoms. The highest BCUT2D eigenvalue weighted by molar-refractivity contribution is 5.38. The van der Waals surface area contributed by atoms with Crippen molar-refractivity contribution in [3.63, 3.8) is 0 Å². The summed E-state index contributed by atoms with van der Waals surface area (Å²) in [5.74, 6) is 2.73. The van der Waals surface area contributed by atoms with Gasteiger partial charge in [0.25, 0.3) is 0 Å². The lowest BCUT2D eigenvalue weighted by Gasteiger charge is -2.46. The Morgan fingerprint density at radius 2 is 1.94 bits per heavy atom. The zero-order valence-electron chi connectivity index (χ0n) is 21.2. The number of aliphatic hydroxyl groups is 3. The molecule has 0 bridgehead atoms. The van der Waals surface area contributed by atoms with Crippen LogP contribution in [-0.4, -0.2) is 33.1 Å². The van der Waals surface area contributed by atoms with Crippen LogP contribution in [0.4, 0.5) is 0 Å². The molecule has 0 radical (unpaired) electrons. The Morgan fingerprint density at radius 1 is 1.22 bits per heavy atom. The van der Waals surface area contributed by atoms with Gasteiger partial charge in [0.15, 0.2) is 0 Å². The van der Waals surface area contributed by atoms with Crippen LogP contribution in [0.5, 0.6) is 0 Å². The Kier molecular flexibility index (Phi) is 8.16. The molecule has 0 aromatic heterocycles. The molecule has 0 aromatic carbocycles. The monoisotopic (exact) mass is 444 g/mol. The van der Waals surface area contributed by atoms with Crippen LogP contribution in [0.3, 0.4) is 0 Å². The van der Waals surface area contributed by atoms with Gasteiger partial charge in [0, 0.05) is 6.42 Å². The van der Waals surface area contributed by atoms with E-state index in [0.29, 0.717) is 36.0 Å². The largest absolute Gasteiger partial charge is 0.393 e. The van der Waals surface area contributed by atoms with E-state index in [4.69, 9.17) is 0 Å². The van der Waals surface area contributed by atoms with Crippen molar-refractivity contribution in [3.8, 4) is 0 Å². The second-order valence-electron chi connectivity index (χ2n) is 12.0. The molecule has 7 atom stereocenters. The van der Waals surface area contributed by atoms with E-state index in [0.717, 1.165) is 29.9 Å². The number of fused-ring (bicyclic) bond motifs is 1. The Hall–Kier alpha value is -0.900. The molecule has 0 aliphatic heterocycles. The normalized spacial score (nSPS) is 38.2. The Balaban J connectivity index is 1.76. The fourth-order valence-electron chi connectivity index (χ4n) is 7.31. The van der Waals surface area contributed by atoms with Crippen LogP contribution in [0.2, 0.25) is 0 Å². The van der Waals surface area contributed by atoms with Gasteiger partial charge in [-0.25, -0.2) is 0 Å². The molecule has 3 heteroatoms. The Bertz CT molecular complexity index is 727. The van der Waals surface area contributed by atoms with Gasteiger partial charge in [0.2, 0.25) is 0 Å². The van der Waals surface area contributed by atoms with E-state index < -0.39 is 17.8 Å². The maximum Gasteiger partial charge on any atom is 0.0811 e. The molecule has 3 aliphatic rings. The molecule has 3 N–H and O–H groups in total. The van der Waals surface area contributed by atoms with Gasteiger partial charge in [-0.15, -0.1) is 0 Å². The fraction of sp³-hybridized carbons (Fsp3) is 0.793. The third kappa shape index (κ3) is 5.59. The van der Waals surface area contributed by atoms with E-state index in [-0.39, 0.29) is 0 Å². The van der Waals surface area contributed by atoms with Crippen molar-refractivity contribution in [2.24, 2.45) is 29.1 Å². The average Bonchev–Trinajstić information content (AvgIpc) is 3.06. The molecule has 182 valence electrons. The first-order valence-corrected chi connectivity index (χ1v) is 13.1. The second kappa shape index (κ2) is 10.2. The number of aliphatic hydroxyl groups excluding tert-OH is 2. The molecule has 0 heterocycles. The van der Waals surface area contributed by atoms with Gasteiger partial charge in [-0.3, -0.25) is 0 Å². The molecular formula is C29H48O3. The van der Waals surface area contributed by atoms with Crippen molar-refractivity contribution in [2.45, 2.75) is 117 Å². The smallest absolute Gasteiger partial charge is 0.0811 e. The van der Waals surface area contributed by atoms with Crippen LogP contribution in [0.25, 0.3) is 0 Å². The minimum atomic E-state index is -0.619. The first-order chi connectivity index (χ1) is 15.0. The second-order valence-corrected chi connectivity index (χ2v) is 12.0. The molecule has 0 aromatic rings. The van der Waals surface area contributed by atoms with E-state index in [1.807, 2.05) is 13.8 Å². The van der Waals surface area contributed by atoms with Crippen molar-refractivity contribution >= 4 is 0 Å². The van der Waals surface area contributed by atoms with Gasteiger partial charge in [-0.2, -0.15) is 0 Å². The van der Waals surface area contributed by atoms with Gasteiger partial charge in [-0.05, 0) is 105 Å². The van der Waals surface area contributed by atoms with E-state index >= 15 is 0 Å². The first-order valence-electron chi connectivity index (χ1n) is 13.1. The SMILES string of the molecule is C=C1/C(=C\C=C2/CCC[C@@]3(C)C2CC[C@@H]3[C@@H](C)[C@H](CC)CCC(C)(C)O)C[C@@H](O)C[C@@H]1O. The van der Waals surface area contributed by atoms with Crippen molar-refractivity contribution in [1.29, 1.82) is 0 Å². The molecular weight excluding hydrogens is 396 g/mol. The highest BCUT2D eigenvalue weighted by Crippen LogP contribution is 2.60. The minimum Gasteiger partial charge on any atom is -0.393 e. The van der Waals surface area contributed by atoms with Crippen molar-refractivity contribution in [2.75, 3.05) is 0 Å². The zero-order chi connectivity index (χ0) is 23.7. The Morgan fingerprint density at radius 3 is 2.59 bits per heavy atom. The van der Waals surface area contributed by atoms with E-state index in [2.05, 4.69) is 39.5 Å². The van der Waals surface area contributed by atoms with Gasteiger partial charge >= 0.3 is 0 Å². The van der Waals surface area contributed by atoms with Crippen molar-refractivity contribution in [1.82, 2.24) is 0 Å². The summed E-state index contributed by atoms with van der Waals surface area (Å²) in [7, 11) is 0. The molecule has 3 fully saturated rings. The van der Waals surface area contributed by atoms with Crippen LogP contribution in [0.15, 0.2) is 35.5 Å². The summed E-state index contributed by atoms with van der Waals surface area (Å²) in [6, 6.07) is 0. The van der Waals surface area contributed by atoms with Crippen LogP contribution >= 0.6 is 0 Å². The number of rotatable bonds is 7. The van der Waals surface area contributed by atoms with E-state index in [1.165, 1.54) is 38.5 Å². The summed E-state index contributed by atoms with van der Waals surface area (Å²) in [5.41, 5.74) is 3.13. The number of hydrogen-bond donors (Lipinski definition) is 3. The summed E-state index contributed by atoms with van der Waals surface area (Å²) >= 11 is 0. The minimum absolute atomic E-state index is 0.354. The molecule has 3 rings (SSSR count). The highest BCUT2D eigenvalue weighted by atomic mass is 16.3. The van der Waals surface area contributed by atoms with Crippen LogP contribution < -0.4 is 0 Å². The maximum absolute atomic E-state index is 10.2. The summed E-state index contributed by atoms with van der Waals surface area (Å²) in [6.07, 6.45) is 13.8. The Labute approximate surface area is 196 Å². The first kappa shape index (κ1) is 25.7. The van der Waals surface area contributed by atoms with E-state index in [1.54, 1.807) is 5.57 Å². The maximum atomic E-state index is 10.2. The van der Waals surface area contributed by atoms with Gasteiger partial charge in [0.1, 0.15) is 0 Å². The molecule has 3 saturated carbocycles. The lowest BCUT2D eigenvalue weighted by Crippen LogP contribution is -2.38. The summed E-state index contributed by atoms with van der Waals surface area (Å²) in [5, 5.41) is 30.5. The quantitative estimate of drug-likeness (QED) is 0.429. The summed E-state index contributed by atoms with van der Waals surface area (Å²) in [4.78, 5) is 0. The fourth-order valence-corrected chi connectivity index (χ4v) is 7.31. The van der Waals surface area contributed by atoms with Crippen LogP contribution in [0, 0.1) is 29.1 Å². The lowest BCUT2D eigenvalue weighted by molar-refractivity contribution is 0.0404. The lowest BCUT2D eigenvalue weighted by atomic mass is 9.59. The molecule has 3 aliphatic carbocycles. The predicted octanol–water partition coefficient (Wildman–Crippen LogP) is 6.34. The highest BCUT2D eigenvalue weighted by Gasteiger charge is 2.51. The van der Waals surface area contributed by atoms with Gasteiger partial charge in [-0.1, -0.05) is 51.5 Å². The topological polar surface area (TPSA) is 60.7 Å². The summed E-state index contributed by atoms with van der Waals surface area (Å²) < 4.78 is 0. The number of hydrogen-bond acceptors (Lipinski definition) is 3. The molecule has 3 nitrogen and oxygen atoms in total. The molecule has 0 amide bonds. The van der Waals surface area contributed by atoms with Gasteiger partial charge in [0.05, 0.1) is 17.8 Å². The van der Waals surface area contributed by atoms with E-state index in [9.17, 15) is 15.3 Å². The van der Waals surface area contributed by atoms with Gasteiger partial charge < -0.3 is 15.3 Å². The predicted molar refractivity (Wildman–Crippen MR) is 133 cm³/mol. The molecule has 0 spiro atoms. The summed E-state index contributed by atoms with van der Waals surface area (Å²) in [6.45, 7) is 15.3. The molecule has 0 saturated heterocycles. The average molecular weight is 445 g/mol. The van der Waals surface area contributed by atoms with Crippen LogP contribution in [0.1, 0.15) is 98.8 Å². The zero-order valence-corrected chi connectivity index (χ0v) is 21.2. The third-order valence-corrected chi connectivity index (χ3v) is 9.33.